The molecule has 0 radical (unpaired) electrons. The highest BCUT2D eigenvalue weighted by molar-refractivity contribution is 6.20. The van der Waals surface area contributed by atoms with Crippen LogP contribution in [0.25, 0.3) is 11.0 Å². The molecule has 0 aliphatic heterocycles. The number of ether oxygens (including phenoxy) is 2. The summed E-state index contributed by atoms with van der Waals surface area (Å²) in [6.45, 7) is 3.71. The molecule has 1 aromatic carbocycles. The average molecular weight is 315 g/mol. The van der Waals surface area contributed by atoms with Crippen molar-refractivity contribution in [3.8, 4) is 5.75 Å². The number of alkyl halides is 1. The monoisotopic (exact) mass is 314 g/mol. The summed E-state index contributed by atoms with van der Waals surface area (Å²) in [6.07, 6.45) is 0. The van der Waals surface area contributed by atoms with Crippen LogP contribution in [0.2, 0.25) is 0 Å². The minimum atomic E-state index is -0.514. The average Bonchev–Trinajstić information content (AvgIpc) is 2.76. The Bertz CT molecular complexity index is 670. The van der Waals surface area contributed by atoms with E-state index in [0.29, 0.717) is 16.9 Å². The van der Waals surface area contributed by atoms with E-state index >= 15 is 0 Å². The third-order valence-electron chi connectivity index (χ3n) is 3.00. The third kappa shape index (κ3) is 3.10. The third-order valence-corrected chi connectivity index (χ3v) is 3.19. The Morgan fingerprint density at radius 2 is 2.24 bits per heavy atom. The Morgan fingerprint density at radius 1 is 1.52 bits per heavy atom. The fourth-order valence-electron chi connectivity index (χ4n) is 2.11. The molecule has 2 aromatic rings. The summed E-state index contributed by atoms with van der Waals surface area (Å²) in [5, 5.41) is -0.430. The summed E-state index contributed by atoms with van der Waals surface area (Å²) < 4.78 is 25.3. The van der Waals surface area contributed by atoms with E-state index < -0.39 is 17.2 Å². The maximum absolute atomic E-state index is 13.7. The zero-order chi connectivity index (χ0) is 15.6. The largest absolute Gasteiger partial charge is 0.494 e. The lowest BCUT2D eigenvalue weighted by Crippen LogP contribution is -2.15. The van der Waals surface area contributed by atoms with Crippen LogP contribution in [-0.4, -0.2) is 29.2 Å². The van der Waals surface area contributed by atoms with Crippen LogP contribution in [0.3, 0.4) is 0 Å². The van der Waals surface area contributed by atoms with Crippen LogP contribution in [0.4, 0.5) is 4.39 Å². The van der Waals surface area contributed by atoms with E-state index in [1.54, 1.807) is 18.4 Å². The Kier molecular flexibility index (Phi) is 4.67. The van der Waals surface area contributed by atoms with Crippen molar-refractivity contribution >= 4 is 28.6 Å². The van der Waals surface area contributed by atoms with Gasteiger partial charge in [-0.05, 0) is 13.8 Å². The first-order valence-corrected chi connectivity index (χ1v) is 6.94. The van der Waals surface area contributed by atoms with Gasteiger partial charge in [0.2, 0.25) is 0 Å². The molecule has 1 unspecified atom stereocenters. The molecule has 0 saturated heterocycles. The van der Waals surface area contributed by atoms with Gasteiger partial charge < -0.3 is 14.0 Å². The molecular formula is C14H16ClFN2O3. The number of rotatable bonds is 5. The molecule has 1 heterocycles. The van der Waals surface area contributed by atoms with Crippen molar-refractivity contribution in [1.29, 1.82) is 0 Å². The Morgan fingerprint density at radius 3 is 2.81 bits per heavy atom. The smallest absolute Gasteiger partial charge is 0.326 e. The van der Waals surface area contributed by atoms with Gasteiger partial charge in [0.15, 0.2) is 11.6 Å². The van der Waals surface area contributed by atoms with Crippen molar-refractivity contribution in [2.75, 3.05) is 13.7 Å². The molecule has 114 valence electrons. The number of fused-ring (bicyclic) bond motifs is 1. The maximum Gasteiger partial charge on any atom is 0.326 e. The van der Waals surface area contributed by atoms with Gasteiger partial charge in [0.1, 0.15) is 12.4 Å². The van der Waals surface area contributed by atoms with Crippen LogP contribution >= 0.6 is 11.6 Å². The molecule has 5 nitrogen and oxygen atoms in total. The van der Waals surface area contributed by atoms with E-state index in [0.717, 1.165) is 0 Å². The maximum atomic E-state index is 13.7. The van der Waals surface area contributed by atoms with Crippen LogP contribution in [-0.2, 0) is 16.1 Å². The number of carbonyl (C=O) groups excluding carboxylic acids is 1. The van der Waals surface area contributed by atoms with E-state index in [2.05, 4.69) is 4.98 Å². The van der Waals surface area contributed by atoms with Gasteiger partial charge in [-0.3, -0.25) is 4.79 Å². The molecule has 21 heavy (non-hydrogen) atoms. The molecule has 0 N–H and O–H groups in total. The summed E-state index contributed by atoms with van der Waals surface area (Å²) in [6, 6.07) is 2.76. The van der Waals surface area contributed by atoms with Crippen molar-refractivity contribution in [1.82, 2.24) is 9.55 Å². The van der Waals surface area contributed by atoms with Gasteiger partial charge in [-0.15, -0.1) is 11.6 Å². The summed E-state index contributed by atoms with van der Waals surface area (Å²) in [7, 11) is 1.38. The minimum Gasteiger partial charge on any atom is -0.494 e. The second kappa shape index (κ2) is 6.30. The van der Waals surface area contributed by atoms with Crippen LogP contribution in [0, 0.1) is 5.82 Å². The summed E-state index contributed by atoms with van der Waals surface area (Å²) in [5.41, 5.74) is 0.990. The molecular weight excluding hydrogens is 299 g/mol. The number of benzene rings is 1. The van der Waals surface area contributed by atoms with Crippen molar-refractivity contribution in [2.24, 2.45) is 0 Å². The number of carbonyl (C=O) groups is 1. The first-order chi connectivity index (χ1) is 9.97. The zero-order valence-electron chi connectivity index (χ0n) is 12.0. The van der Waals surface area contributed by atoms with Gasteiger partial charge in [-0.1, -0.05) is 0 Å². The van der Waals surface area contributed by atoms with Crippen LogP contribution in [0.5, 0.6) is 5.75 Å². The van der Waals surface area contributed by atoms with Gasteiger partial charge in [-0.25, -0.2) is 9.37 Å². The molecule has 0 fully saturated rings. The summed E-state index contributed by atoms with van der Waals surface area (Å²) in [5.74, 6) is -0.355. The van der Waals surface area contributed by atoms with E-state index in [4.69, 9.17) is 21.1 Å². The van der Waals surface area contributed by atoms with Gasteiger partial charge in [-0.2, -0.15) is 0 Å². The standard InChI is InChI=1S/C14H16ClFN2O3/c1-4-21-13(19)7-18-11-6-12(20-3)9(16)5-10(11)17-14(18)8(2)15/h5-6,8H,4,7H2,1-3H3. The number of esters is 1. The SMILES string of the molecule is CCOC(=O)Cn1c(C(C)Cl)nc2cc(F)c(OC)cc21. The van der Waals surface area contributed by atoms with E-state index in [1.807, 2.05) is 0 Å². The highest BCUT2D eigenvalue weighted by Crippen LogP contribution is 2.29. The fourth-order valence-corrected chi connectivity index (χ4v) is 2.27. The quantitative estimate of drug-likeness (QED) is 0.629. The normalized spacial score (nSPS) is 12.4. The van der Waals surface area contributed by atoms with E-state index in [-0.39, 0.29) is 18.9 Å². The van der Waals surface area contributed by atoms with E-state index in [1.165, 1.54) is 19.2 Å². The number of hydrogen-bond donors (Lipinski definition) is 0. The molecule has 0 aliphatic rings. The fraction of sp³-hybridized carbons (Fsp3) is 0.429. The zero-order valence-corrected chi connectivity index (χ0v) is 12.8. The van der Waals surface area contributed by atoms with Gasteiger partial charge >= 0.3 is 5.97 Å². The van der Waals surface area contributed by atoms with Crippen molar-refractivity contribution in [3.05, 3.63) is 23.8 Å². The molecule has 0 saturated carbocycles. The first-order valence-electron chi connectivity index (χ1n) is 6.51. The number of halogens is 2. The molecule has 7 heteroatoms. The number of aromatic nitrogens is 2. The Balaban J connectivity index is 2.57. The lowest BCUT2D eigenvalue weighted by Gasteiger charge is -2.10. The first kappa shape index (κ1) is 15.6. The lowest BCUT2D eigenvalue weighted by atomic mass is 10.3. The van der Waals surface area contributed by atoms with E-state index in [9.17, 15) is 9.18 Å². The lowest BCUT2D eigenvalue weighted by molar-refractivity contribution is -0.143. The molecule has 1 aromatic heterocycles. The molecule has 1 atom stereocenters. The van der Waals surface area contributed by atoms with Gasteiger partial charge in [0.05, 0.1) is 30.1 Å². The Hall–Kier alpha value is -1.82. The Labute approximate surface area is 126 Å². The summed E-state index contributed by atoms with van der Waals surface area (Å²) in [4.78, 5) is 16.0. The van der Waals surface area contributed by atoms with Crippen molar-refractivity contribution in [2.45, 2.75) is 25.8 Å². The molecule has 2 rings (SSSR count). The molecule has 0 aliphatic carbocycles. The van der Waals surface area contributed by atoms with Gasteiger partial charge in [0.25, 0.3) is 0 Å². The number of methoxy groups -OCH3 is 1. The van der Waals surface area contributed by atoms with Gasteiger partial charge in [0, 0.05) is 12.1 Å². The summed E-state index contributed by atoms with van der Waals surface area (Å²) >= 11 is 6.09. The van der Waals surface area contributed by atoms with Crippen molar-refractivity contribution < 1.29 is 18.7 Å². The number of hydrogen-bond acceptors (Lipinski definition) is 4. The predicted molar refractivity (Wildman–Crippen MR) is 77.1 cm³/mol. The second-order valence-corrected chi connectivity index (χ2v) is 5.11. The minimum absolute atomic E-state index is 0.0362. The predicted octanol–water partition coefficient (Wildman–Crippen LogP) is 3.05. The molecule has 0 amide bonds. The number of imidazole rings is 1. The number of nitrogens with zero attached hydrogens (tertiary/aromatic N) is 2. The van der Waals surface area contributed by atoms with Crippen LogP contribution in [0.1, 0.15) is 25.0 Å². The second-order valence-electron chi connectivity index (χ2n) is 4.45. The highest BCUT2D eigenvalue weighted by atomic mass is 35.5. The van der Waals surface area contributed by atoms with Crippen molar-refractivity contribution in [3.63, 3.8) is 0 Å². The molecule has 0 spiro atoms. The molecule has 0 bridgehead atoms. The topological polar surface area (TPSA) is 53.4 Å². The van der Waals surface area contributed by atoms with Crippen LogP contribution in [0.15, 0.2) is 12.1 Å². The highest BCUT2D eigenvalue weighted by Gasteiger charge is 2.19. The van der Waals surface area contributed by atoms with Crippen LogP contribution < -0.4 is 4.74 Å².